The Morgan fingerprint density at radius 1 is 1.18 bits per heavy atom. The van der Waals surface area contributed by atoms with Crippen molar-refractivity contribution < 1.29 is 9.53 Å². The molecule has 1 amide bonds. The van der Waals surface area contributed by atoms with Gasteiger partial charge in [0.1, 0.15) is 5.75 Å². The Morgan fingerprint density at radius 3 is 2.75 bits per heavy atom. The van der Waals surface area contributed by atoms with Crippen LogP contribution in [0.25, 0.3) is 11.3 Å². The number of nitrogens with zero attached hydrogens (tertiary/aromatic N) is 4. The first-order valence-corrected chi connectivity index (χ1v) is 9.45. The molecule has 0 bridgehead atoms. The number of amides is 1. The zero-order valence-corrected chi connectivity index (χ0v) is 15.9. The summed E-state index contributed by atoms with van der Waals surface area (Å²) < 4.78 is 7.33. The minimum atomic E-state index is -0.165. The first kappa shape index (κ1) is 17.9. The molecule has 3 heterocycles. The van der Waals surface area contributed by atoms with Crippen LogP contribution in [0.1, 0.15) is 15.9 Å². The molecule has 0 spiro atoms. The van der Waals surface area contributed by atoms with Crippen molar-refractivity contribution in [2.45, 2.75) is 6.54 Å². The van der Waals surface area contributed by atoms with Crippen molar-refractivity contribution in [2.75, 3.05) is 0 Å². The van der Waals surface area contributed by atoms with E-state index in [0.717, 1.165) is 16.8 Å². The summed E-state index contributed by atoms with van der Waals surface area (Å²) in [4.78, 5) is 21.0. The second-order valence-electron chi connectivity index (χ2n) is 6.02. The van der Waals surface area contributed by atoms with Crippen LogP contribution in [0, 0.1) is 0 Å². The molecule has 1 aromatic carbocycles. The number of benzene rings is 1. The van der Waals surface area contributed by atoms with Gasteiger partial charge in [0.05, 0.1) is 11.9 Å². The lowest BCUT2D eigenvalue weighted by Crippen LogP contribution is -2.23. The van der Waals surface area contributed by atoms with E-state index in [1.165, 1.54) is 11.3 Å². The first-order valence-electron chi connectivity index (χ1n) is 8.57. The van der Waals surface area contributed by atoms with E-state index in [1.807, 2.05) is 30.8 Å². The van der Waals surface area contributed by atoms with Crippen LogP contribution in [-0.4, -0.2) is 25.7 Å². The summed E-state index contributed by atoms with van der Waals surface area (Å²) in [7, 11) is 1.86. The monoisotopic (exact) mass is 391 g/mol. The average Bonchev–Trinajstić information content (AvgIpc) is 3.39. The minimum absolute atomic E-state index is 0.165. The van der Waals surface area contributed by atoms with E-state index in [9.17, 15) is 4.79 Å². The Hall–Kier alpha value is -3.52. The number of rotatable bonds is 6. The third-order valence-corrected chi connectivity index (χ3v) is 4.69. The van der Waals surface area contributed by atoms with Crippen LogP contribution in [0.5, 0.6) is 10.9 Å². The molecule has 0 atom stereocenters. The summed E-state index contributed by atoms with van der Waals surface area (Å²) in [5.41, 5.74) is 3.20. The molecule has 7 nitrogen and oxygen atoms in total. The van der Waals surface area contributed by atoms with Crippen molar-refractivity contribution in [2.24, 2.45) is 7.05 Å². The lowest BCUT2D eigenvalue weighted by molar-refractivity contribution is 0.0951. The Labute approximate surface area is 165 Å². The van der Waals surface area contributed by atoms with Crippen molar-refractivity contribution in [1.82, 2.24) is 25.1 Å². The van der Waals surface area contributed by atoms with Gasteiger partial charge < -0.3 is 10.1 Å². The predicted octanol–water partition coefficient (Wildman–Crippen LogP) is 3.66. The molecular formula is C20H17N5O2S. The van der Waals surface area contributed by atoms with E-state index < -0.39 is 0 Å². The second kappa shape index (κ2) is 8.01. The molecule has 0 aliphatic rings. The molecule has 0 fully saturated rings. The molecule has 3 aromatic heterocycles. The topological polar surface area (TPSA) is 81.9 Å². The highest BCUT2D eigenvalue weighted by molar-refractivity contribution is 7.11. The smallest absolute Gasteiger partial charge is 0.278 e. The van der Waals surface area contributed by atoms with Crippen molar-refractivity contribution in [3.8, 4) is 22.2 Å². The maximum Gasteiger partial charge on any atom is 0.278 e. The van der Waals surface area contributed by atoms with Crippen LogP contribution in [-0.2, 0) is 13.6 Å². The molecule has 0 unspecified atom stereocenters. The normalized spacial score (nSPS) is 10.6. The van der Waals surface area contributed by atoms with Gasteiger partial charge in [0, 0.05) is 48.7 Å². The number of pyridine rings is 1. The number of carbonyl (C=O) groups is 1. The fraction of sp³-hybridized carbons (Fsp3) is 0.100. The van der Waals surface area contributed by atoms with Gasteiger partial charge in [0.15, 0.2) is 0 Å². The van der Waals surface area contributed by atoms with Crippen LogP contribution in [0.4, 0.5) is 0 Å². The van der Waals surface area contributed by atoms with Gasteiger partial charge in [-0.1, -0.05) is 17.4 Å². The van der Waals surface area contributed by atoms with Gasteiger partial charge in [-0.05, 0) is 35.9 Å². The molecular weight excluding hydrogens is 374 g/mol. The van der Waals surface area contributed by atoms with Gasteiger partial charge in [0.25, 0.3) is 11.1 Å². The highest BCUT2D eigenvalue weighted by Crippen LogP contribution is 2.24. The van der Waals surface area contributed by atoms with Crippen LogP contribution in [0.3, 0.4) is 0 Å². The molecule has 0 saturated heterocycles. The van der Waals surface area contributed by atoms with Gasteiger partial charge in [-0.15, -0.1) is 0 Å². The number of nitrogens with one attached hydrogen (secondary N) is 1. The quantitative estimate of drug-likeness (QED) is 0.542. The van der Waals surface area contributed by atoms with E-state index >= 15 is 0 Å². The molecule has 0 aliphatic carbocycles. The third kappa shape index (κ3) is 4.07. The predicted molar refractivity (Wildman–Crippen MR) is 106 cm³/mol. The summed E-state index contributed by atoms with van der Waals surface area (Å²) in [6.07, 6.45) is 7.07. The van der Waals surface area contributed by atoms with Crippen molar-refractivity contribution in [3.63, 3.8) is 0 Å². The zero-order chi connectivity index (χ0) is 19.3. The average molecular weight is 391 g/mol. The molecule has 0 saturated carbocycles. The lowest BCUT2D eigenvalue weighted by atomic mass is 10.1. The van der Waals surface area contributed by atoms with Crippen LogP contribution >= 0.6 is 11.3 Å². The Morgan fingerprint density at radius 2 is 2.04 bits per heavy atom. The van der Waals surface area contributed by atoms with Gasteiger partial charge in [-0.3, -0.25) is 14.5 Å². The Balaban J connectivity index is 1.42. The fourth-order valence-corrected chi connectivity index (χ4v) is 3.20. The maximum absolute atomic E-state index is 12.5. The molecule has 0 aliphatic heterocycles. The lowest BCUT2D eigenvalue weighted by Gasteiger charge is -2.09. The molecule has 28 heavy (non-hydrogen) atoms. The van der Waals surface area contributed by atoms with Gasteiger partial charge in [-0.2, -0.15) is 5.10 Å². The summed E-state index contributed by atoms with van der Waals surface area (Å²) >= 11 is 1.41. The fourth-order valence-electron chi connectivity index (χ4n) is 2.70. The zero-order valence-electron chi connectivity index (χ0n) is 15.1. The molecule has 4 rings (SSSR count). The SMILES string of the molecule is Cn1cc(-c2ncccc2CNC(=O)c2ccc(Oc3nccs3)cc2)cn1. The van der Waals surface area contributed by atoms with E-state index in [2.05, 4.69) is 20.4 Å². The van der Waals surface area contributed by atoms with Crippen molar-refractivity contribution in [1.29, 1.82) is 0 Å². The molecule has 1 N–H and O–H groups in total. The largest absolute Gasteiger partial charge is 0.431 e. The van der Waals surface area contributed by atoms with Crippen LogP contribution < -0.4 is 10.1 Å². The van der Waals surface area contributed by atoms with Gasteiger partial charge >= 0.3 is 0 Å². The maximum atomic E-state index is 12.5. The Kier molecular flexibility index (Phi) is 5.11. The van der Waals surface area contributed by atoms with Crippen molar-refractivity contribution >= 4 is 17.2 Å². The van der Waals surface area contributed by atoms with E-state index in [4.69, 9.17) is 4.74 Å². The number of aryl methyl sites for hydroxylation is 1. The molecule has 8 heteroatoms. The Bertz CT molecular complexity index is 1070. The van der Waals surface area contributed by atoms with E-state index in [1.54, 1.807) is 47.5 Å². The summed E-state index contributed by atoms with van der Waals surface area (Å²) in [5, 5.41) is 9.53. The number of carbonyl (C=O) groups excluding carboxylic acids is 1. The van der Waals surface area contributed by atoms with Crippen molar-refractivity contribution in [3.05, 3.63) is 77.7 Å². The van der Waals surface area contributed by atoms with Gasteiger partial charge in [0.2, 0.25) is 0 Å². The minimum Gasteiger partial charge on any atom is -0.431 e. The number of hydrogen-bond acceptors (Lipinski definition) is 6. The third-order valence-electron chi connectivity index (χ3n) is 4.04. The highest BCUT2D eigenvalue weighted by Gasteiger charge is 2.11. The number of ether oxygens (including phenoxy) is 1. The summed E-state index contributed by atoms with van der Waals surface area (Å²) in [5.74, 6) is 0.472. The van der Waals surface area contributed by atoms with E-state index in [0.29, 0.717) is 23.1 Å². The first-order chi connectivity index (χ1) is 13.7. The van der Waals surface area contributed by atoms with Gasteiger partial charge in [-0.25, -0.2) is 4.98 Å². The molecule has 140 valence electrons. The number of hydrogen-bond donors (Lipinski definition) is 1. The summed E-state index contributed by atoms with van der Waals surface area (Å²) in [6, 6.07) is 10.8. The van der Waals surface area contributed by atoms with Crippen LogP contribution in [0.2, 0.25) is 0 Å². The summed E-state index contributed by atoms with van der Waals surface area (Å²) in [6.45, 7) is 0.369. The molecule has 0 radical (unpaired) electrons. The number of thiazole rings is 1. The molecule has 4 aromatic rings. The standard InChI is InChI=1S/C20H17N5O2S/c1-25-13-16(12-24-25)18-15(3-2-8-21-18)11-23-19(26)14-4-6-17(7-5-14)27-20-22-9-10-28-20/h2-10,12-13H,11H2,1H3,(H,23,26). The number of aromatic nitrogens is 4. The van der Waals surface area contributed by atoms with Crippen LogP contribution in [0.15, 0.2) is 66.6 Å². The highest BCUT2D eigenvalue weighted by atomic mass is 32.1. The second-order valence-corrected chi connectivity index (χ2v) is 6.88. The van der Waals surface area contributed by atoms with E-state index in [-0.39, 0.29) is 5.91 Å².